The van der Waals surface area contributed by atoms with Gasteiger partial charge in [0, 0.05) is 6.54 Å². The first-order valence-corrected chi connectivity index (χ1v) is 7.37. The van der Waals surface area contributed by atoms with Crippen molar-refractivity contribution in [3.63, 3.8) is 0 Å². The van der Waals surface area contributed by atoms with Crippen molar-refractivity contribution in [3.8, 4) is 0 Å². The van der Waals surface area contributed by atoms with E-state index in [9.17, 15) is 8.42 Å². The number of rotatable bonds is 5. The predicted octanol–water partition coefficient (Wildman–Crippen LogP) is -0.437. The van der Waals surface area contributed by atoms with Crippen LogP contribution in [0.1, 0.15) is 13.8 Å². The van der Waals surface area contributed by atoms with Crippen LogP contribution in [0.3, 0.4) is 0 Å². The summed E-state index contributed by atoms with van der Waals surface area (Å²) in [7, 11) is -8.45. The fraction of sp³-hybridized carbons (Fsp3) is 1.00. The van der Waals surface area contributed by atoms with Crippen LogP contribution in [-0.2, 0) is 20.5 Å². The summed E-state index contributed by atoms with van der Waals surface area (Å²) in [5, 5.41) is 0. The van der Waals surface area contributed by atoms with Crippen LogP contribution in [0.2, 0.25) is 0 Å². The van der Waals surface area contributed by atoms with E-state index in [1.807, 2.05) is 18.7 Å². The molecule has 0 fully saturated rings. The van der Waals surface area contributed by atoms with Gasteiger partial charge in [0.15, 0.2) is 0 Å². The van der Waals surface area contributed by atoms with Crippen molar-refractivity contribution in [1.29, 1.82) is 0 Å². The molecule has 0 spiro atoms. The van der Waals surface area contributed by atoms with Gasteiger partial charge in [0.1, 0.15) is 0 Å². The molecule has 0 aromatic carbocycles. The van der Waals surface area contributed by atoms with Crippen molar-refractivity contribution >= 4 is 20.5 Å². The van der Waals surface area contributed by atoms with E-state index in [1.165, 1.54) is 0 Å². The molecule has 0 unspecified atom stereocenters. The first-order chi connectivity index (χ1) is 6.99. The molecule has 0 saturated carbocycles. The third kappa shape index (κ3) is 23.5. The maximum absolute atomic E-state index is 10.3. The second kappa shape index (κ2) is 7.92. The third-order valence-corrected chi connectivity index (χ3v) is 2.26. The van der Waals surface area contributed by atoms with E-state index in [0.29, 0.717) is 6.54 Å². The molecule has 0 bridgehead atoms. The SMILES string of the molecule is CCN(CC)CCS(=O)(=O)O.O=S(=O)(O)O. The summed E-state index contributed by atoms with van der Waals surface area (Å²) in [5.41, 5.74) is 0. The maximum Gasteiger partial charge on any atom is 0.394 e. The monoisotopic (exact) mass is 279 g/mol. The first-order valence-electron chi connectivity index (χ1n) is 4.37. The summed E-state index contributed by atoms with van der Waals surface area (Å²) in [5.74, 6) is -0.172. The average Bonchev–Trinajstić information content (AvgIpc) is 2.01. The van der Waals surface area contributed by atoms with E-state index < -0.39 is 20.5 Å². The molecule has 0 radical (unpaired) electrons. The lowest BCUT2D eigenvalue weighted by molar-refractivity contribution is 0.318. The Morgan fingerprint density at radius 2 is 1.25 bits per heavy atom. The van der Waals surface area contributed by atoms with Crippen LogP contribution in [0.25, 0.3) is 0 Å². The van der Waals surface area contributed by atoms with Gasteiger partial charge in [-0.2, -0.15) is 16.8 Å². The molecule has 0 aromatic rings. The van der Waals surface area contributed by atoms with Crippen LogP contribution in [0.5, 0.6) is 0 Å². The minimum atomic E-state index is -4.67. The lowest BCUT2D eigenvalue weighted by atomic mass is 10.5. The summed E-state index contributed by atoms with van der Waals surface area (Å²) >= 11 is 0. The molecule has 100 valence electrons. The zero-order valence-electron chi connectivity index (χ0n) is 9.07. The molecule has 16 heavy (non-hydrogen) atoms. The summed E-state index contributed by atoms with van der Waals surface area (Å²) in [6.07, 6.45) is 0. The van der Waals surface area contributed by atoms with Gasteiger partial charge in [-0.05, 0) is 13.1 Å². The molecule has 0 amide bonds. The molecule has 10 heteroatoms. The minimum Gasteiger partial charge on any atom is -0.303 e. The lowest BCUT2D eigenvalue weighted by Gasteiger charge is -2.16. The van der Waals surface area contributed by atoms with Crippen molar-refractivity contribution in [3.05, 3.63) is 0 Å². The number of hydrogen-bond donors (Lipinski definition) is 3. The molecule has 0 saturated heterocycles. The van der Waals surface area contributed by atoms with Gasteiger partial charge in [-0.15, -0.1) is 0 Å². The van der Waals surface area contributed by atoms with Gasteiger partial charge in [-0.1, -0.05) is 13.8 Å². The van der Waals surface area contributed by atoms with Gasteiger partial charge in [-0.25, -0.2) is 0 Å². The normalized spacial score (nSPS) is 12.1. The van der Waals surface area contributed by atoms with Crippen LogP contribution >= 0.6 is 0 Å². The minimum absolute atomic E-state index is 0.172. The van der Waals surface area contributed by atoms with Gasteiger partial charge < -0.3 is 4.90 Å². The molecule has 0 heterocycles. The van der Waals surface area contributed by atoms with Crippen LogP contribution in [-0.4, -0.2) is 60.8 Å². The Morgan fingerprint density at radius 1 is 0.938 bits per heavy atom. The van der Waals surface area contributed by atoms with E-state index in [0.717, 1.165) is 13.1 Å². The molecule has 0 aromatic heterocycles. The highest BCUT2D eigenvalue weighted by molar-refractivity contribution is 7.85. The Morgan fingerprint density at radius 3 is 1.44 bits per heavy atom. The molecular formula is C6H17NO7S2. The zero-order valence-corrected chi connectivity index (χ0v) is 10.7. The summed E-state index contributed by atoms with van der Waals surface area (Å²) in [4.78, 5) is 1.94. The van der Waals surface area contributed by atoms with E-state index in [4.69, 9.17) is 22.1 Å². The highest BCUT2D eigenvalue weighted by Crippen LogP contribution is 1.89. The summed E-state index contributed by atoms with van der Waals surface area (Å²) < 4.78 is 60.6. The maximum atomic E-state index is 10.3. The molecule has 0 aliphatic carbocycles. The van der Waals surface area contributed by atoms with Crippen LogP contribution in [0, 0.1) is 0 Å². The van der Waals surface area contributed by atoms with Crippen LogP contribution in [0.4, 0.5) is 0 Å². The van der Waals surface area contributed by atoms with Gasteiger partial charge in [-0.3, -0.25) is 13.7 Å². The van der Waals surface area contributed by atoms with E-state index in [1.54, 1.807) is 0 Å². The first kappa shape index (κ1) is 18.1. The third-order valence-electron chi connectivity index (χ3n) is 1.56. The second-order valence-electron chi connectivity index (χ2n) is 2.76. The Kier molecular flexibility index (Phi) is 8.97. The predicted molar refractivity (Wildman–Crippen MR) is 58.4 cm³/mol. The van der Waals surface area contributed by atoms with Gasteiger partial charge in [0.25, 0.3) is 10.1 Å². The molecule has 0 atom stereocenters. The van der Waals surface area contributed by atoms with E-state index in [2.05, 4.69) is 0 Å². The van der Waals surface area contributed by atoms with Gasteiger partial charge in [0.2, 0.25) is 0 Å². The smallest absolute Gasteiger partial charge is 0.303 e. The number of hydrogen-bond acceptors (Lipinski definition) is 5. The van der Waals surface area contributed by atoms with Gasteiger partial charge >= 0.3 is 10.4 Å². The molecule has 3 N–H and O–H groups in total. The summed E-state index contributed by atoms with van der Waals surface area (Å²) in [6, 6.07) is 0. The Hall–Kier alpha value is -0.260. The Balaban J connectivity index is 0. The van der Waals surface area contributed by atoms with Crippen molar-refractivity contribution in [2.45, 2.75) is 13.8 Å². The van der Waals surface area contributed by atoms with E-state index >= 15 is 0 Å². The van der Waals surface area contributed by atoms with Gasteiger partial charge in [0.05, 0.1) is 5.75 Å². The fourth-order valence-corrected chi connectivity index (χ4v) is 1.27. The average molecular weight is 279 g/mol. The molecule has 8 nitrogen and oxygen atoms in total. The molecule has 0 aliphatic heterocycles. The van der Waals surface area contributed by atoms with E-state index in [-0.39, 0.29) is 5.75 Å². The molecule has 0 rings (SSSR count). The van der Waals surface area contributed by atoms with Crippen molar-refractivity contribution in [2.75, 3.05) is 25.4 Å². The summed E-state index contributed by atoms with van der Waals surface area (Å²) in [6.45, 7) is 5.94. The molecular weight excluding hydrogens is 262 g/mol. The second-order valence-corrected chi connectivity index (χ2v) is 5.23. The molecule has 0 aliphatic rings. The quantitative estimate of drug-likeness (QED) is 0.577. The number of nitrogens with zero attached hydrogens (tertiary/aromatic N) is 1. The highest BCUT2D eigenvalue weighted by Gasteiger charge is 2.06. The van der Waals surface area contributed by atoms with Crippen molar-refractivity contribution in [1.82, 2.24) is 4.90 Å². The van der Waals surface area contributed by atoms with Crippen LogP contribution in [0.15, 0.2) is 0 Å². The zero-order chi connectivity index (χ0) is 13.4. The fourth-order valence-electron chi connectivity index (χ4n) is 0.784. The Bertz CT molecular complexity index is 348. The van der Waals surface area contributed by atoms with Crippen molar-refractivity contribution < 1.29 is 30.5 Å². The standard InChI is InChI=1S/C6H15NO3S.H2O4S/c1-3-7(4-2)5-6-11(8,9)10;1-5(2,3)4/h3-6H2,1-2H3,(H,8,9,10);(H2,1,2,3,4). The highest BCUT2D eigenvalue weighted by atomic mass is 32.3. The van der Waals surface area contributed by atoms with Crippen molar-refractivity contribution in [2.24, 2.45) is 0 Å². The largest absolute Gasteiger partial charge is 0.394 e. The van der Waals surface area contributed by atoms with Crippen LogP contribution < -0.4 is 0 Å². The lowest BCUT2D eigenvalue weighted by Crippen LogP contribution is -2.28. The Labute approximate surface area is 95.6 Å². The topological polar surface area (TPSA) is 132 Å².